The molecule has 130 valence electrons. The Labute approximate surface area is 145 Å². The van der Waals surface area contributed by atoms with Gasteiger partial charge in [-0.25, -0.2) is 4.98 Å². The summed E-state index contributed by atoms with van der Waals surface area (Å²) in [6.45, 7) is 13.7. The lowest BCUT2D eigenvalue weighted by Crippen LogP contribution is -2.21. The van der Waals surface area contributed by atoms with Crippen LogP contribution in [0.2, 0.25) is 0 Å². The molecule has 5 heteroatoms. The van der Waals surface area contributed by atoms with E-state index in [1.165, 1.54) is 11.3 Å². The molecule has 2 aromatic rings. The summed E-state index contributed by atoms with van der Waals surface area (Å²) >= 11 is 0. The molecule has 0 fully saturated rings. The Morgan fingerprint density at radius 2 is 1.88 bits per heavy atom. The molecule has 0 saturated heterocycles. The molecule has 0 aliphatic rings. The average molecular weight is 327 g/mol. The molecular formula is C19H29N5. The van der Waals surface area contributed by atoms with E-state index in [1.54, 1.807) is 6.20 Å². The number of nitrogens with one attached hydrogen (secondary N) is 2. The lowest BCUT2D eigenvalue weighted by Gasteiger charge is -2.22. The topological polar surface area (TPSA) is 53.1 Å². The molecule has 0 aliphatic carbocycles. The zero-order chi connectivity index (χ0) is 17.5. The lowest BCUT2D eigenvalue weighted by molar-refractivity contribution is 0.684. The molecule has 1 aromatic heterocycles. The fourth-order valence-electron chi connectivity index (χ4n) is 2.52. The van der Waals surface area contributed by atoms with Gasteiger partial charge in [0, 0.05) is 37.2 Å². The first-order valence-corrected chi connectivity index (χ1v) is 8.73. The van der Waals surface area contributed by atoms with E-state index in [2.05, 4.69) is 78.3 Å². The number of hydrogen-bond donors (Lipinski definition) is 2. The van der Waals surface area contributed by atoms with Crippen LogP contribution in [0.4, 0.5) is 23.1 Å². The van der Waals surface area contributed by atoms with Crippen LogP contribution in [0.25, 0.3) is 0 Å². The van der Waals surface area contributed by atoms with E-state index in [-0.39, 0.29) is 0 Å². The minimum absolute atomic E-state index is 0.556. The zero-order valence-corrected chi connectivity index (χ0v) is 15.4. The summed E-state index contributed by atoms with van der Waals surface area (Å²) in [5, 5.41) is 6.65. The monoisotopic (exact) mass is 327 g/mol. The van der Waals surface area contributed by atoms with Crippen molar-refractivity contribution in [3.63, 3.8) is 0 Å². The van der Waals surface area contributed by atoms with Gasteiger partial charge in [0.25, 0.3) is 0 Å². The second kappa shape index (κ2) is 8.52. The van der Waals surface area contributed by atoms with E-state index in [0.717, 1.165) is 31.1 Å². The highest BCUT2D eigenvalue weighted by molar-refractivity contribution is 5.65. The molecule has 2 rings (SSSR count). The Kier molecular flexibility index (Phi) is 6.41. The van der Waals surface area contributed by atoms with E-state index >= 15 is 0 Å². The number of hydrogen-bond acceptors (Lipinski definition) is 5. The van der Waals surface area contributed by atoms with E-state index < -0.39 is 0 Å². The summed E-state index contributed by atoms with van der Waals surface area (Å²) in [7, 11) is 0. The summed E-state index contributed by atoms with van der Waals surface area (Å²) in [6.07, 6.45) is 1.78. The predicted octanol–water partition coefficient (Wildman–Crippen LogP) is 4.44. The third-order valence-electron chi connectivity index (χ3n) is 3.93. The maximum absolute atomic E-state index is 4.53. The van der Waals surface area contributed by atoms with Gasteiger partial charge in [-0.3, -0.25) is 0 Å². The van der Waals surface area contributed by atoms with E-state index in [9.17, 15) is 0 Å². The van der Waals surface area contributed by atoms with Gasteiger partial charge in [0.1, 0.15) is 5.82 Å². The molecular weight excluding hydrogens is 298 g/mol. The smallest absolute Gasteiger partial charge is 0.224 e. The number of aryl methyl sites for hydroxylation is 1. The third-order valence-corrected chi connectivity index (χ3v) is 3.93. The molecule has 1 aromatic carbocycles. The molecule has 0 amide bonds. The van der Waals surface area contributed by atoms with Gasteiger partial charge in [0.2, 0.25) is 5.95 Å². The van der Waals surface area contributed by atoms with Crippen LogP contribution in [0.3, 0.4) is 0 Å². The van der Waals surface area contributed by atoms with Crippen LogP contribution < -0.4 is 15.5 Å². The van der Waals surface area contributed by atoms with Crippen molar-refractivity contribution in [1.29, 1.82) is 0 Å². The normalized spacial score (nSPS) is 10.8. The molecule has 0 atom stereocenters. The summed E-state index contributed by atoms with van der Waals surface area (Å²) in [5.74, 6) is 2.01. The van der Waals surface area contributed by atoms with Gasteiger partial charge in [0.15, 0.2) is 0 Å². The van der Waals surface area contributed by atoms with E-state index in [0.29, 0.717) is 11.9 Å². The van der Waals surface area contributed by atoms with Crippen LogP contribution in [-0.4, -0.2) is 29.6 Å². The average Bonchev–Trinajstić information content (AvgIpc) is 2.57. The Morgan fingerprint density at radius 1 is 1.12 bits per heavy atom. The van der Waals surface area contributed by atoms with Crippen molar-refractivity contribution in [2.75, 3.05) is 35.2 Å². The van der Waals surface area contributed by atoms with Gasteiger partial charge >= 0.3 is 0 Å². The fraction of sp³-hybridized carbons (Fsp3) is 0.474. The Hall–Kier alpha value is -2.30. The number of benzene rings is 1. The zero-order valence-electron chi connectivity index (χ0n) is 15.4. The molecule has 0 radical (unpaired) electrons. The maximum Gasteiger partial charge on any atom is 0.224 e. The summed E-state index contributed by atoms with van der Waals surface area (Å²) < 4.78 is 0. The van der Waals surface area contributed by atoms with Crippen LogP contribution in [-0.2, 0) is 0 Å². The summed E-state index contributed by atoms with van der Waals surface area (Å²) in [6, 6.07) is 8.38. The van der Waals surface area contributed by atoms with Crippen LogP contribution in [0.15, 0.2) is 30.5 Å². The Bertz CT molecular complexity index is 650. The minimum Gasteiger partial charge on any atom is -0.372 e. The lowest BCUT2D eigenvalue weighted by atomic mass is 10.1. The minimum atomic E-state index is 0.556. The summed E-state index contributed by atoms with van der Waals surface area (Å²) in [4.78, 5) is 11.1. The Morgan fingerprint density at radius 3 is 2.50 bits per heavy atom. The standard InChI is InChI=1S/C19H29N5/c1-6-24(7-2)16-8-9-17(15(5)12-16)22-18-10-11-20-19(23-18)21-13-14(3)4/h8-12,14H,6-7,13H2,1-5H3,(H2,20,21,22,23). The first-order chi connectivity index (χ1) is 11.5. The van der Waals surface area contributed by atoms with Gasteiger partial charge in [-0.1, -0.05) is 13.8 Å². The van der Waals surface area contributed by atoms with E-state index in [1.807, 2.05) is 6.07 Å². The highest BCUT2D eigenvalue weighted by Crippen LogP contribution is 2.25. The highest BCUT2D eigenvalue weighted by atomic mass is 15.1. The Balaban J connectivity index is 2.12. The van der Waals surface area contributed by atoms with Gasteiger partial charge in [0.05, 0.1) is 0 Å². The molecule has 0 spiro atoms. The molecule has 5 nitrogen and oxygen atoms in total. The van der Waals surface area contributed by atoms with Crippen LogP contribution >= 0.6 is 0 Å². The van der Waals surface area contributed by atoms with Gasteiger partial charge in [-0.15, -0.1) is 0 Å². The van der Waals surface area contributed by atoms with Gasteiger partial charge in [-0.05, 0) is 56.5 Å². The van der Waals surface area contributed by atoms with Crippen molar-refractivity contribution in [3.8, 4) is 0 Å². The van der Waals surface area contributed by atoms with Crippen molar-refractivity contribution in [1.82, 2.24) is 9.97 Å². The number of rotatable bonds is 8. The quantitative estimate of drug-likeness (QED) is 0.750. The molecule has 1 heterocycles. The maximum atomic E-state index is 4.53. The second-order valence-corrected chi connectivity index (χ2v) is 6.34. The number of nitrogens with zero attached hydrogens (tertiary/aromatic N) is 3. The van der Waals surface area contributed by atoms with Crippen molar-refractivity contribution < 1.29 is 0 Å². The summed E-state index contributed by atoms with van der Waals surface area (Å²) in [5.41, 5.74) is 3.53. The number of aromatic nitrogens is 2. The predicted molar refractivity (Wildman–Crippen MR) is 103 cm³/mol. The van der Waals surface area contributed by atoms with Crippen LogP contribution in [0, 0.1) is 12.8 Å². The van der Waals surface area contributed by atoms with Gasteiger partial charge < -0.3 is 15.5 Å². The SMILES string of the molecule is CCN(CC)c1ccc(Nc2ccnc(NCC(C)C)n2)c(C)c1. The third kappa shape index (κ3) is 4.85. The largest absolute Gasteiger partial charge is 0.372 e. The first-order valence-electron chi connectivity index (χ1n) is 8.73. The van der Waals surface area contributed by atoms with Gasteiger partial charge in [-0.2, -0.15) is 4.98 Å². The van der Waals surface area contributed by atoms with Crippen molar-refractivity contribution in [2.45, 2.75) is 34.6 Å². The molecule has 2 N–H and O–H groups in total. The molecule has 0 aliphatic heterocycles. The highest BCUT2D eigenvalue weighted by Gasteiger charge is 2.06. The van der Waals surface area contributed by atoms with E-state index in [4.69, 9.17) is 0 Å². The van der Waals surface area contributed by atoms with Crippen molar-refractivity contribution >= 4 is 23.1 Å². The van der Waals surface area contributed by atoms with Crippen LogP contribution in [0.1, 0.15) is 33.3 Å². The van der Waals surface area contributed by atoms with Crippen LogP contribution in [0.5, 0.6) is 0 Å². The second-order valence-electron chi connectivity index (χ2n) is 6.34. The number of anilines is 4. The molecule has 0 saturated carbocycles. The van der Waals surface area contributed by atoms with Crippen molar-refractivity contribution in [3.05, 3.63) is 36.0 Å². The molecule has 0 bridgehead atoms. The van der Waals surface area contributed by atoms with Crippen molar-refractivity contribution in [2.24, 2.45) is 5.92 Å². The fourth-order valence-corrected chi connectivity index (χ4v) is 2.52. The molecule has 24 heavy (non-hydrogen) atoms. The molecule has 0 unspecified atom stereocenters. The first kappa shape index (κ1) is 18.0.